The fraction of sp³-hybridized carbons (Fsp3) is 0.667. The molecule has 0 radical (unpaired) electrons. The van der Waals surface area contributed by atoms with Gasteiger partial charge in [-0.2, -0.15) is 0 Å². The molecule has 2 fully saturated rings. The van der Waals surface area contributed by atoms with Crippen LogP contribution in [0, 0.1) is 0 Å². The topological polar surface area (TPSA) is 124 Å². The van der Waals surface area contributed by atoms with Gasteiger partial charge in [-0.15, -0.1) is 0 Å². The lowest BCUT2D eigenvalue weighted by Crippen LogP contribution is -2.47. The zero-order chi connectivity index (χ0) is 25.3. The van der Waals surface area contributed by atoms with Gasteiger partial charge in [-0.1, -0.05) is 0 Å². The van der Waals surface area contributed by atoms with Crippen LogP contribution in [0.2, 0.25) is 0 Å². The van der Waals surface area contributed by atoms with Crippen molar-refractivity contribution < 1.29 is 43.5 Å². The zero-order valence-corrected chi connectivity index (χ0v) is 20.5. The highest BCUT2D eigenvalue weighted by molar-refractivity contribution is 5.89. The minimum Gasteiger partial charge on any atom is -0.497 e. The van der Waals surface area contributed by atoms with Gasteiger partial charge < -0.3 is 33.9 Å². The molecular formula is C24H35NO9. The predicted molar refractivity (Wildman–Crippen MR) is 120 cm³/mol. The Kier molecular flexibility index (Phi) is 7.76. The first-order chi connectivity index (χ1) is 15.8. The normalized spacial score (nSPS) is 25.4. The van der Waals surface area contributed by atoms with E-state index in [4.69, 9.17) is 23.7 Å². The van der Waals surface area contributed by atoms with Crippen LogP contribution in [0.1, 0.15) is 51.4 Å². The quantitative estimate of drug-likeness (QED) is 0.564. The molecule has 190 valence electrons. The number of esters is 1. The highest BCUT2D eigenvalue weighted by Gasteiger charge is 2.55. The number of carbonyl (C=O) groups is 2. The summed E-state index contributed by atoms with van der Waals surface area (Å²) < 4.78 is 27.6. The number of aliphatic hydroxyl groups is 2. The first-order valence-corrected chi connectivity index (χ1v) is 11.3. The standard InChI is InChI=1S/C24H35NO9/c1-23(2,3)34-22(29)25-12-19-20(33-24(4,5)32-19)16(25)11-17(26)18(27)13-31-21(28)14-7-9-15(30-6)10-8-14/h7-10,16-20,26-27H,11-13H2,1-6H3/t16-,17-,18-,19-,20+/m0/s1. The number of likely N-dealkylation sites (tertiary alicyclic amines) is 1. The predicted octanol–water partition coefficient (Wildman–Crippen LogP) is 2.10. The van der Waals surface area contributed by atoms with Gasteiger partial charge in [-0.3, -0.25) is 4.90 Å². The number of ether oxygens (including phenoxy) is 5. The van der Waals surface area contributed by atoms with Gasteiger partial charge in [0.05, 0.1) is 31.4 Å². The summed E-state index contributed by atoms with van der Waals surface area (Å²) in [5.74, 6) is -0.873. The van der Waals surface area contributed by atoms with Gasteiger partial charge in [0.25, 0.3) is 0 Å². The molecule has 5 atom stereocenters. The van der Waals surface area contributed by atoms with Crippen LogP contribution in [0.4, 0.5) is 4.79 Å². The monoisotopic (exact) mass is 481 g/mol. The Labute approximate surface area is 199 Å². The Hall–Kier alpha value is -2.40. The second-order valence-corrected chi connectivity index (χ2v) is 10.0. The van der Waals surface area contributed by atoms with Crippen LogP contribution in [0.3, 0.4) is 0 Å². The Morgan fingerprint density at radius 3 is 2.38 bits per heavy atom. The van der Waals surface area contributed by atoms with E-state index in [9.17, 15) is 19.8 Å². The molecule has 1 amide bonds. The maximum Gasteiger partial charge on any atom is 0.410 e. The van der Waals surface area contributed by atoms with Crippen LogP contribution in [-0.2, 0) is 18.9 Å². The van der Waals surface area contributed by atoms with Gasteiger partial charge in [0.1, 0.15) is 36.3 Å². The van der Waals surface area contributed by atoms with Crippen molar-refractivity contribution in [2.75, 3.05) is 20.3 Å². The van der Waals surface area contributed by atoms with Crippen LogP contribution >= 0.6 is 0 Å². The third-order valence-electron chi connectivity index (χ3n) is 5.64. The van der Waals surface area contributed by atoms with E-state index in [2.05, 4.69) is 0 Å². The number of hydrogen-bond donors (Lipinski definition) is 2. The maximum atomic E-state index is 12.8. The van der Waals surface area contributed by atoms with Crippen LogP contribution in [0.25, 0.3) is 0 Å². The number of amides is 1. The molecule has 10 heteroatoms. The van der Waals surface area contributed by atoms with Crippen molar-refractivity contribution >= 4 is 12.1 Å². The van der Waals surface area contributed by atoms with Crippen LogP contribution < -0.4 is 4.74 Å². The van der Waals surface area contributed by atoms with Crippen LogP contribution in [0.15, 0.2) is 24.3 Å². The van der Waals surface area contributed by atoms with E-state index in [1.54, 1.807) is 58.9 Å². The van der Waals surface area contributed by atoms with E-state index in [1.807, 2.05) is 0 Å². The molecular weight excluding hydrogens is 446 g/mol. The van der Waals surface area contributed by atoms with E-state index in [-0.39, 0.29) is 24.6 Å². The lowest BCUT2D eigenvalue weighted by molar-refractivity contribution is -0.163. The van der Waals surface area contributed by atoms with Crippen molar-refractivity contribution in [3.8, 4) is 5.75 Å². The van der Waals surface area contributed by atoms with Gasteiger partial charge in [0, 0.05) is 0 Å². The molecule has 1 aromatic carbocycles. The summed E-state index contributed by atoms with van der Waals surface area (Å²) in [6.45, 7) is 8.69. The molecule has 0 aliphatic carbocycles. The smallest absolute Gasteiger partial charge is 0.410 e. The van der Waals surface area contributed by atoms with Crippen molar-refractivity contribution in [2.24, 2.45) is 0 Å². The molecule has 1 aromatic rings. The fourth-order valence-electron chi connectivity index (χ4n) is 4.12. The SMILES string of the molecule is COc1ccc(C(=O)OC[C@H](O)[C@@H](O)C[C@H]2[C@H]3OC(C)(C)O[C@H]3CN2C(=O)OC(C)(C)C)cc1. The molecule has 0 spiro atoms. The maximum absolute atomic E-state index is 12.8. The number of aliphatic hydroxyl groups excluding tert-OH is 2. The summed E-state index contributed by atoms with van der Waals surface area (Å²) >= 11 is 0. The fourth-order valence-corrected chi connectivity index (χ4v) is 4.12. The van der Waals surface area contributed by atoms with Crippen molar-refractivity contribution in [3.63, 3.8) is 0 Å². The van der Waals surface area contributed by atoms with Gasteiger partial charge in [-0.25, -0.2) is 9.59 Å². The van der Waals surface area contributed by atoms with Gasteiger partial charge in [0.2, 0.25) is 0 Å². The summed E-state index contributed by atoms with van der Waals surface area (Å²) in [6.07, 6.45) is -4.09. The zero-order valence-electron chi connectivity index (χ0n) is 20.5. The van der Waals surface area contributed by atoms with Gasteiger partial charge in [0.15, 0.2) is 5.79 Å². The van der Waals surface area contributed by atoms with Gasteiger partial charge in [-0.05, 0) is 65.3 Å². The molecule has 2 N–H and O–H groups in total. The van der Waals surface area contributed by atoms with Crippen LogP contribution in [-0.4, -0.2) is 89.3 Å². The number of benzene rings is 1. The minimum absolute atomic E-state index is 0.0128. The highest BCUT2D eigenvalue weighted by Crippen LogP contribution is 2.39. The molecule has 2 saturated heterocycles. The van der Waals surface area contributed by atoms with E-state index in [1.165, 1.54) is 12.0 Å². The van der Waals surface area contributed by atoms with Crippen molar-refractivity contribution in [1.82, 2.24) is 4.90 Å². The number of nitrogens with zero attached hydrogens (tertiary/aromatic N) is 1. The summed E-state index contributed by atoms with van der Waals surface area (Å²) in [5.41, 5.74) is -0.412. The van der Waals surface area contributed by atoms with E-state index < -0.39 is 54.4 Å². The van der Waals surface area contributed by atoms with E-state index in [0.717, 1.165) is 0 Å². The Morgan fingerprint density at radius 2 is 1.79 bits per heavy atom. The second-order valence-electron chi connectivity index (χ2n) is 10.0. The summed E-state index contributed by atoms with van der Waals surface area (Å²) in [7, 11) is 1.52. The first-order valence-electron chi connectivity index (χ1n) is 11.3. The molecule has 0 aromatic heterocycles. The molecule has 0 unspecified atom stereocenters. The van der Waals surface area contributed by atoms with Crippen molar-refractivity contribution in [3.05, 3.63) is 29.8 Å². The van der Waals surface area contributed by atoms with Crippen molar-refractivity contribution in [1.29, 1.82) is 0 Å². The van der Waals surface area contributed by atoms with E-state index >= 15 is 0 Å². The highest BCUT2D eigenvalue weighted by atomic mass is 16.8. The molecule has 2 aliphatic rings. The molecule has 2 aliphatic heterocycles. The van der Waals surface area contributed by atoms with Crippen molar-refractivity contribution in [2.45, 2.75) is 82.9 Å². The third-order valence-corrected chi connectivity index (χ3v) is 5.64. The minimum atomic E-state index is -1.36. The summed E-state index contributed by atoms with van der Waals surface area (Å²) in [6, 6.07) is 5.73. The largest absolute Gasteiger partial charge is 0.497 e. The Morgan fingerprint density at radius 1 is 1.15 bits per heavy atom. The Balaban J connectivity index is 1.62. The lowest BCUT2D eigenvalue weighted by Gasteiger charge is -2.33. The van der Waals surface area contributed by atoms with Gasteiger partial charge >= 0.3 is 12.1 Å². The summed E-state index contributed by atoms with van der Waals surface area (Å²) in [4.78, 5) is 26.5. The average Bonchev–Trinajstić information content (AvgIpc) is 3.22. The lowest BCUT2D eigenvalue weighted by atomic mass is 10.0. The first kappa shape index (κ1) is 26.2. The molecule has 3 rings (SSSR count). The second kappa shape index (κ2) is 10.1. The van der Waals surface area contributed by atoms with Crippen LogP contribution in [0.5, 0.6) is 5.75 Å². The molecule has 34 heavy (non-hydrogen) atoms. The third kappa shape index (κ3) is 6.38. The molecule has 0 bridgehead atoms. The molecule has 2 heterocycles. The molecule has 0 saturated carbocycles. The summed E-state index contributed by atoms with van der Waals surface area (Å²) in [5, 5.41) is 21.1. The number of methoxy groups -OCH3 is 1. The molecule has 10 nitrogen and oxygen atoms in total. The number of carbonyl (C=O) groups excluding carboxylic acids is 2. The van der Waals surface area contributed by atoms with E-state index in [0.29, 0.717) is 5.75 Å². The average molecular weight is 482 g/mol. The number of fused-ring (bicyclic) bond motifs is 1. The Bertz CT molecular complexity index is 864. The number of hydrogen-bond acceptors (Lipinski definition) is 9. The number of rotatable bonds is 7.